The van der Waals surface area contributed by atoms with Crippen LogP contribution in [-0.2, 0) is 10.0 Å². The molecule has 0 saturated heterocycles. The minimum Gasteiger partial charge on any atom is -0.389 e. The summed E-state index contributed by atoms with van der Waals surface area (Å²) in [7, 11) is 2.00. The largest absolute Gasteiger partial charge is 0.389 e. The highest BCUT2D eigenvalue weighted by Crippen LogP contribution is 2.20. The number of benzene rings is 1. The lowest BCUT2D eigenvalue weighted by molar-refractivity contribution is 0.370. The van der Waals surface area contributed by atoms with E-state index >= 15 is 0 Å². The number of thiocarbonyl (C=S) groups is 1. The molecule has 0 heterocycles. The normalized spacial score (nSPS) is 12.1. The monoisotopic (exact) mass is 329 g/mol. The SMILES string of the molecule is Cc1ccc(C(N)=S)cc1S(=O)(=O)N(C)CCCN(C)C. The molecule has 0 bridgehead atoms. The molecule has 0 aliphatic heterocycles. The van der Waals surface area contributed by atoms with Gasteiger partial charge in [-0.05, 0) is 45.6 Å². The highest BCUT2D eigenvalue weighted by atomic mass is 32.2. The van der Waals surface area contributed by atoms with E-state index < -0.39 is 10.0 Å². The van der Waals surface area contributed by atoms with Gasteiger partial charge in [0.2, 0.25) is 10.0 Å². The van der Waals surface area contributed by atoms with Crippen LogP contribution in [0.15, 0.2) is 23.1 Å². The van der Waals surface area contributed by atoms with Gasteiger partial charge in [0.05, 0.1) is 4.90 Å². The second-order valence-electron chi connectivity index (χ2n) is 5.33. The first-order chi connectivity index (χ1) is 9.66. The Hall–Kier alpha value is -1.02. The highest BCUT2D eigenvalue weighted by molar-refractivity contribution is 7.89. The van der Waals surface area contributed by atoms with Crippen molar-refractivity contribution in [3.63, 3.8) is 0 Å². The standard InChI is InChI=1S/C14H23N3O2S2/c1-11-6-7-12(14(15)20)10-13(11)21(18,19)17(4)9-5-8-16(2)3/h6-7,10H,5,8-9H2,1-4H3,(H2,15,20). The van der Waals surface area contributed by atoms with E-state index in [4.69, 9.17) is 18.0 Å². The molecule has 0 spiro atoms. The zero-order valence-corrected chi connectivity index (χ0v) is 14.6. The molecule has 0 atom stereocenters. The summed E-state index contributed by atoms with van der Waals surface area (Å²) < 4.78 is 26.6. The van der Waals surface area contributed by atoms with Crippen molar-refractivity contribution in [3.8, 4) is 0 Å². The van der Waals surface area contributed by atoms with E-state index in [2.05, 4.69) is 0 Å². The van der Waals surface area contributed by atoms with Crippen LogP contribution in [0.25, 0.3) is 0 Å². The lowest BCUT2D eigenvalue weighted by Crippen LogP contribution is -2.30. The minimum atomic E-state index is -3.52. The number of hydrogen-bond donors (Lipinski definition) is 1. The van der Waals surface area contributed by atoms with Gasteiger partial charge in [0, 0.05) is 19.2 Å². The van der Waals surface area contributed by atoms with Crippen molar-refractivity contribution in [2.75, 3.05) is 34.2 Å². The fraction of sp³-hybridized carbons (Fsp3) is 0.500. The van der Waals surface area contributed by atoms with Crippen LogP contribution in [0.1, 0.15) is 17.5 Å². The van der Waals surface area contributed by atoms with E-state index in [1.54, 1.807) is 32.2 Å². The fourth-order valence-electron chi connectivity index (χ4n) is 1.93. The molecular formula is C14H23N3O2S2. The summed E-state index contributed by atoms with van der Waals surface area (Å²) >= 11 is 4.92. The first-order valence-corrected chi connectivity index (χ1v) is 8.52. The summed E-state index contributed by atoms with van der Waals surface area (Å²) in [5.41, 5.74) is 6.84. The quantitative estimate of drug-likeness (QED) is 0.762. The predicted octanol–water partition coefficient (Wildman–Crippen LogP) is 1.20. The van der Waals surface area contributed by atoms with E-state index in [0.717, 1.165) is 13.0 Å². The van der Waals surface area contributed by atoms with E-state index in [-0.39, 0.29) is 9.88 Å². The number of rotatable bonds is 7. The van der Waals surface area contributed by atoms with Crippen LogP contribution in [0.2, 0.25) is 0 Å². The molecule has 0 aromatic heterocycles. The smallest absolute Gasteiger partial charge is 0.243 e. The topological polar surface area (TPSA) is 66.6 Å². The molecule has 1 rings (SSSR count). The predicted molar refractivity (Wildman–Crippen MR) is 90.1 cm³/mol. The molecular weight excluding hydrogens is 306 g/mol. The molecule has 1 aromatic carbocycles. The van der Waals surface area contributed by atoms with Crippen LogP contribution in [0.3, 0.4) is 0 Å². The highest BCUT2D eigenvalue weighted by Gasteiger charge is 2.23. The van der Waals surface area contributed by atoms with Crippen LogP contribution in [-0.4, -0.2) is 56.8 Å². The maximum atomic E-state index is 12.6. The number of aryl methyl sites for hydroxylation is 1. The number of sulfonamides is 1. The van der Waals surface area contributed by atoms with E-state index in [1.165, 1.54) is 4.31 Å². The third kappa shape index (κ3) is 4.74. The van der Waals surface area contributed by atoms with E-state index in [1.807, 2.05) is 19.0 Å². The maximum absolute atomic E-state index is 12.6. The molecule has 7 heteroatoms. The average Bonchev–Trinajstić information content (AvgIpc) is 2.37. The summed E-state index contributed by atoms with van der Waals surface area (Å²) in [6.07, 6.45) is 0.775. The van der Waals surface area contributed by atoms with Gasteiger partial charge in [-0.15, -0.1) is 0 Å². The Labute approximate surface area is 132 Å². The molecule has 21 heavy (non-hydrogen) atoms. The zero-order valence-electron chi connectivity index (χ0n) is 13.0. The summed E-state index contributed by atoms with van der Waals surface area (Å²) in [6, 6.07) is 5.02. The van der Waals surface area contributed by atoms with Crippen molar-refractivity contribution in [2.45, 2.75) is 18.2 Å². The second-order valence-corrected chi connectivity index (χ2v) is 7.78. The first-order valence-electron chi connectivity index (χ1n) is 6.67. The Bertz CT molecular complexity index is 613. The first kappa shape index (κ1) is 18.0. The molecule has 2 N–H and O–H groups in total. The third-order valence-electron chi connectivity index (χ3n) is 3.24. The van der Waals surface area contributed by atoms with Gasteiger partial charge in [0.25, 0.3) is 0 Å². The van der Waals surface area contributed by atoms with Gasteiger partial charge in [-0.25, -0.2) is 12.7 Å². The average molecular weight is 329 g/mol. The van der Waals surface area contributed by atoms with Crippen molar-refractivity contribution in [1.29, 1.82) is 0 Å². The van der Waals surface area contributed by atoms with Crippen molar-refractivity contribution in [2.24, 2.45) is 5.73 Å². The van der Waals surface area contributed by atoms with Gasteiger partial charge in [-0.2, -0.15) is 0 Å². The number of nitrogens with zero attached hydrogens (tertiary/aromatic N) is 2. The van der Waals surface area contributed by atoms with Crippen molar-refractivity contribution in [3.05, 3.63) is 29.3 Å². The Kier molecular flexibility index (Phi) is 6.27. The third-order valence-corrected chi connectivity index (χ3v) is 5.47. The van der Waals surface area contributed by atoms with Crippen molar-refractivity contribution < 1.29 is 8.42 Å². The van der Waals surface area contributed by atoms with Crippen LogP contribution >= 0.6 is 12.2 Å². The Morgan fingerprint density at radius 3 is 2.38 bits per heavy atom. The molecule has 0 radical (unpaired) electrons. The Balaban J connectivity index is 3.01. The fourth-order valence-corrected chi connectivity index (χ4v) is 3.51. The molecule has 5 nitrogen and oxygen atoms in total. The van der Waals surface area contributed by atoms with Crippen LogP contribution < -0.4 is 5.73 Å². The van der Waals surface area contributed by atoms with E-state index in [9.17, 15) is 8.42 Å². The summed E-state index contributed by atoms with van der Waals surface area (Å²) in [6.45, 7) is 3.08. The molecule has 0 aliphatic carbocycles. The van der Waals surface area contributed by atoms with Crippen LogP contribution in [0.5, 0.6) is 0 Å². The van der Waals surface area contributed by atoms with Crippen LogP contribution in [0, 0.1) is 6.92 Å². The molecule has 1 aromatic rings. The Morgan fingerprint density at radius 1 is 1.24 bits per heavy atom. The number of nitrogens with two attached hydrogens (primary N) is 1. The molecule has 0 saturated carbocycles. The molecule has 0 aliphatic rings. The van der Waals surface area contributed by atoms with Gasteiger partial charge in [0.1, 0.15) is 4.99 Å². The minimum absolute atomic E-state index is 0.196. The lowest BCUT2D eigenvalue weighted by atomic mass is 10.1. The summed E-state index contributed by atoms with van der Waals surface area (Å²) in [4.78, 5) is 2.49. The zero-order chi connectivity index (χ0) is 16.2. The van der Waals surface area contributed by atoms with Gasteiger partial charge in [0.15, 0.2) is 0 Å². The molecule has 0 fully saturated rings. The van der Waals surface area contributed by atoms with E-state index in [0.29, 0.717) is 17.7 Å². The molecule has 0 amide bonds. The van der Waals surface area contributed by atoms with Crippen LogP contribution in [0.4, 0.5) is 0 Å². The molecule has 118 valence electrons. The maximum Gasteiger partial charge on any atom is 0.243 e. The van der Waals surface area contributed by atoms with Gasteiger partial charge < -0.3 is 10.6 Å². The lowest BCUT2D eigenvalue weighted by Gasteiger charge is -2.20. The Morgan fingerprint density at radius 2 is 1.86 bits per heavy atom. The van der Waals surface area contributed by atoms with Crippen molar-refractivity contribution in [1.82, 2.24) is 9.21 Å². The number of hydrogen-bond acceptors (Lipinski definition) is 4. The van der Waals surface area contributed by atoms with Crippen molar-refractivity contribution >= 4 is 27.2 Å². The summed E-state index contributed by atoms with van der Waals surface area (Å²) in [5.74, 6) is 0. The summed E-state index contributed by atoms with van der Waals surface area (Å²) in [5, 5.41) is 0. The molecule has 0 unspecified atom stereocenters. The van der Waals surface area contributed by atoms with Gasteiger partial charge in [-0.3, -0.25) is 0 Å². The second kappa shape index (κ2) is 7.31. The van der Waals surface area contributed by atoms with Gasteiger partial charge in [-0.1, -0.05) is 24.4 Å². The van der Waals surface area contributed by atoms with Gasteiger partial charge >= 0.3 is 0 Å².